The zero-order valence-electron chi connectivity index (χ0n) is 13.0. The second kappa shape index (κ2) is 6.90. The SMILES string of the molecule is CC(C)(C(=O)C1CCCCCC1)C1CCCCCC1. The van der Waals surface area contributed by atoms with E-state index in [2.05, 4.69) is 13.8 Å². The molecule has 110 valence electrons. The molecule has 0 amide bonds. The second-order valence-electron chi connectivity index (χ2n) is 7.46. The zero-order valence-corrected chi connectivity index (χ0v) is 13.0. The quantitative estimate of drug-likeness (QED) is 0.613. The number of hydrogen-bond acceptors (Lipinski definition) is 1. The van der Waals surface area contributed by atoms with Gasteiger partial charge >= 0.3 is 0 Å². The first kappa shape index (κ1) is 15.1. The van der Waals surface area contributed by atoms with Gasteiger partial charge in [-0.3, -0.25) is 4.79 Å². The van der Waals surface area contributed by atoms with Crippen LogP contribution in [0, 0.1) is 17.3 Å². The molecule has 1 nitrogen and oxygen atoms in total. The molecule has 0 spiro atoms. The highest BCUT2D eigenvalue weighted by atomic mass is 16.1. The lowest BCUT2D eigenvalue weighted by atomic mass is 9.68. The number of rotatable bonds is 3. The highest BCUT2D eigenvalue weighted by molar-refractivity contribution is 5.86. The summed E-state index contributed by atoms with van der Waals surface area (Å²) < 4.78 is 0. The van der Waals surface area contributed by atoms with Gasteiger partial charge in [0.2, 0.25) is 0 Å². The smallest absolute Gasteiger partial charge is 0.141 e. The molecular weight excluding hydrogens is 232 g/mol. The van der Waals surface area contributed by atoms with Crippen LogP contribution in [0.4, 0.5) is 0 Å². The van der Waals surface area contributed by atoms with E-state index in [1.165, 1.54) is 64.2 Å². The van der Waals surface area contributed by atoms with Gasteiger partial charge in [0.15, 0.2) is 0 Å². The predicted octanol–water partition coefficient (Wildman–Crippen LogP) is 5.52. The molecule has 2 aliphatic rings. The highest BCUT2D eigenvalue weighted by Crippen LogP contribution is 2.41. The van der Waals surface area contributed by atoms with Crippen molar-refractivity contribution in [3.8, 4) is 0 Å². The van der Waals surface area contributed by atoms with Gasteiger partial charge in [-0.2, -0.15) is 0 Å². The fourth-order valence-electron chi connectivity index (χ4n) is 4.27. The van der Waals surface area contributed by atoms with Crippen LogP contribution in [-0.4, -0.2) is 5.78 Å². The average Bonchev–Trinajstić information content (AvgIpc) is 2.82. The van der Waals surface area contributed by atoms with E-state index in [4.69, 9.17) is 0 Å². The molecule has 19 heavy (non-hydrogen) atoms. The van der Waals surface area contributed by atoms with Gasteiger partial charge in [0.1, 0.15) is 5.78 Å². The van der Waals surface area contributed by atoms with Gasteiger partial charge in [-0.15, -0.1) is 0 Å². The summed E-state index contributed by atoms with van der Waals surface area (Å²) in [4.78, 5) is 13.0. The van der Waals surface area contributed by atoms with Gasteiger partial charge < -0.3 is 0 Å². The molecule has 2 rings (SSSR count). The van der Waals surface area contributed by atoms with Crippen LogP contribution < -0.4 is 0 Å². The van der Waals surface area contributed by atoms with Crippen molar-refractivity contribution < 1.29 is 4.79 Å². The van der Waals surface area contributed by atoms with Crippen LogP contribution >= 0.6 is 0 Å². The maximum absolute atomic E-state index is 13.0. The Labute approximate surface area is 119 Å². The monoisotopic (exact) mass is 264 g/mol. The third kappa shape index (κ3) is 3.83. The molecule has 2 aliphatic carbocycles. The minimum Gasteiger partial charge on any atom is -0.299 e. The van der Waals surface area contributed by atoms with Crippen LogP contribution in [0.5, 0.6) is 0 Å². The first-order chi connectivity index (χ1) is 9.12. The number of hydrogen-bond donors (Lipinski definition) is 0. The molecule has 0 heterocycles. The number of ketones is 1. The molecule has 0 atom stereocenters. The second-order valence-corrected chi connectivity index (χ2v) is 7.46. The fourth-order valence-corrected chi connectivity index (χ4v) is 4.27. The lowest BCUT2D eigenvalue weighted by molar-refractivity contribution is -0.134. The minimum absolute atomic E-state index is 0.0701. The number of carbonyl (C=O) groups is 1. The Morgan fingerprint density at radius 2 is 1.16 bits per heavy atom. The summed E-state index contributed by atoms with van der Waals surface area (Å²) in [6.07, 6.45) is 15.6. The Morgan fingerprint density at radius 3 is 1.63 bits per heavy atom. The average molecular weight is 264 g/mol. The van der Waals surface area contributed by atoms with E-state index < -0.39 is 0 Å². The third-order valence-corrected chi connectivity index (χ3v) is 5.74. The van der Waals surface area contributed by atoms with E-state index in [9.17, 15) is 4.79 Å². The van der Waals surface area contributed by atoms with Gasteiger partial charge in [0.05, 0.1) is 0 Å². The van der Waals surface area contributed by atoms with E-state index in [1.807, 2.05) is 0 Å². The van der Waals surface area contributed by atoms with Crippen LogP contribution in [0.15, 0.2) is 0 Å². The third-order valence-electron chi connectivity index (χ3n) is 5.74. The summed E-state index contributed by atoms with van der Waals surface area (Å²) >= 11 is 0. The summed E-state index contributed by atoms with van der Waals surface area (Å²) in [6, 6.07) is 0. The van der Waals surface area contributed by atoms with E-state index >= 15 is 0 Å². The molecule has 0 radical (unpaired) electrons. The number of Topliss-reactive ketones (excluding diaryl/α,β-unsaturated/α-hetero) is 1. The van der Waals surface area contributed by atoms with Crippen molar-refractivity contribution in [2.75, 3.05) is 0 Å². The van der Waals surface area contributed by atoms with Crippen molar-refractivity contribution in [2.24, 2.45) is 17.3 Å². The first-order valence-corrected chi connectivity index (χ1v) is 8.66. The van der Waals surface area contributed by atoms with Crippen LogP contribution in [-0.2, 0) is 4.79 Å². The molecule has 0 aromatic carbocycles. The molecule has 2 fully saturated rings. The summed E-state index contributed by atoms with van der Waals surface area (Å²) in [6.45, 7) is 4.49. The number of carbonyl (C=O) groups excluding carboxylic acids is 1. The van der Waals surface area contributed by atoms with Crippen molar-refractivity contribution in [3.05, 3.63) is 0 Å². The van der Waals surface area contributed by atoms with Crippen LogP contribution in [0.3, 0.4) is 0 Å². The summed E-state index contributed by atoms with van der Waals surface area (Å²) in [5.74, 6) is 1.62. The lowest BCUT2D eigenvalue weighted by Crippen LogP contribution is -2.37. The maximum Gasteiger partial charge on any atom is 0.141 e. The summed E-state index contributed by atoms with van der Waals surface area (Å²) in [5.41, 5.74) is -0.0701. The molecule has 0 bridgehead atoms. The molecule has 0 aliphatic heterocycles. The molecule has 0 saturated heterocycles. The van der Waals surface area contributed by atoms with Crippen molar-refractivity contribution in [1.29, 1.82) is 0 Å². The molecular formula is C18H32O. The van der Waals surface area contributed by atoms with Crippen molar-refractivity contribution >= 4 is 5.78 Å². The molecule has 0 unspecified atom stereocenters. The summed E-state index contributed by atoms with van der Waals surface area (Å²) in [7, 11) is 0. The van der Waals surface area contributed by atoms with Crippen molar-refractivity contribution in [1.82, 2.24) is 0 Å². The normalized spacial score (nSPS) is 24.7. The van der Waals surface area contributed by atoms with Crippen LogP contribution in [0.25, 0.3) is 0 Å². The summed E-state index contributed by atoms with van der Waals surface area (Å²) in [5, 5.41) is 0. The Bertz CT molecular complexity index is 276. The van der Waals surface area contributed by atoms with Crippen LogP contribution in [0.1, 0.15) is 90.9 Å². The Hall–Kier alpha value is -0.330. The van der Waals surface area contributed by atoms with Gasteiger partial charge in [0.25, 0.3) is 0 Å². The van der Waals surface area contributed by atoms with E-state index in [1.54, 1.807) is 0 Å². The Balaban J connectivity index is 2.01. The molecule has 0 N–H and O–H groups in total. The topological polar surface area (TPSA) is 17.1 Å². The van der Waals surface area contributed by atoms with E-state index in [-0.39, 0.29) is 5.41 Å². The highest BCUT2D eigenvalue weighted by Gasteiger charge is 2.39. The standard InChI is InChI=1S/C18H32O/c1-18(2,16-13-9-5-6-10-14-16)17(19)15-11-7-3-4-8-12-15/h15-16H,3-14H2,1-2H3. The van der Waals surface area contributed by atoms with E-state index in [0.29, 0.717) is 17.6 Å². The van der Waals surface area contributed by atoms with Crippen molar-refractivity contribution in [2.45, 2.75) is 90.9 Å². The largest absolute Gasteiger partial charge is 0.299 e. The first-order valence-electron chi connectivity index (χ1n) is 8.66. The van der Waals surface area contributed by atoms with Gasteiger partial charge in [-0.05, 0) is 31.6 Å². The molecule has 0 aromatic rings. The molecule has 1 heteroatoms. The zero-order chi connectivity index (χ0) is 13.7. The Morgan fingerprint density at radius 1 is 0.737 bits per heavy atom. The molecule has 0 aromatic heterocycles. The van der Waals surface area contributed by atoms with Gasteiger partial charge in [-0.1, -0.05) is 65.2 Å². The fraction of sp³-hybridized carbons (Fsp3) is 0.944. The van der Waals surface area contributed by atoms with Crippen LogP contribution in [0.2, 0.25) is 0 Å². The van der Waals surface area contributed by atoms with Gasteiger partial charge in [0, 0.05) is 11.3 Å². The minimum atomic E-state index is -0.0701. The van der Waals surface area contributed by atoms with Crippen molar-refractivity contribution in [3.63, 3.8) is 0 Å². The lowest BCUT2D eigenvalue weighted by Gasteiger charge is -2.35. The van der Waals surface area contributed by atoms with E-state index in [0.717, 1.165) is 12.8 Å². The van der Waals surface area contributed by atoms with Gasteiger partial charge in [-0.25, -0.2) is 0 Å². The molecule has 2 saturated carbocycles. The maximum atomic E-state index is 13.0. The predicted molar refractivity (Wildman–Crippen MR) is 81.2 cm³/mol. The Kier molecular flexibility index (Phi) is 5.47.